The lowest BCUT2D eigenvalue weighted by Gasteiger charge is -2.08. The van der Waals surface area contributed by atoms with Crippen LogP contribution in [0.1, 0.15) is 23.2 Å². The molecule has 0 saturated heterocycles. The lowest BCUT2D eigenvalue weighted by molar-refractivity contribution is 0.149. The molecule has 0 spiro atoms. The summed E-state index contributed by atoms with van der Waals surface area (Å²) in [7, 11) is 0. The molecule has 0 fully saturated rings. The van der Waals surface area contributed by atoms with E-state index >= 15 is 0 Å². The Morgan fingerprint density at radius 2 is 2.27 bits per heavy atom. The number of nitriles is 1. The van der Waals surface area contributed by atoms with Gasteiger partial charge in [0.15, 0.2) is 0 Å². The zero-order chi connectivity index (χ0) is 11.4. The van der Waals surface area contributed by atoms with Crippen LogP contribution >= 0.6 is 34.2 Å². The molecule has 1 aromatic heterocycles. The molecule has 0 aromatic carbocycles. The van der Waals surface area contributed by atoms with Gasteiger partial charge in [-0.2, -0.15) is 5.26 Å². The second kappa shape index (κ2) is 5.56. The normalized spacial score (nSPS) is 10.4. The van der Waals surface area contributed by atoms with Crippen LogP contribution in [0.3, 0.4) is 0 Å². The van der Waals surface area contributed by atoms with Gasteiger partial charge in [0.1, 0.15) is 3.70 Å². The molecule has 0 aliphatic carbocycles. The summed E-state index contributed by atoms with van der Waals surface area (Å²) in [5.41, 5.74) is 0.836. The van der Waals surface area contributed by atoms with Crippen molar-refractivity contribution in [2.24, 2.45) is 0 Å². The maximum atomic E-state index is 12.5. The zero-order valence-electron chi connectivity index (χ0n) is 7.48. The molecule has 1 aromatic rings. The van der Waals surface area contributed by atoms with Gasteiger partial charge >= 0.3 is 0 Å². The van der Waals surface area contributed by atoms with Crippen LogP contribution < -0.4 is 0 Å². The van der Waals surface area contributed by atoms with E-state index in [0.29, 0.717) is 11.3 Å². The van der Waals surface area contributed by atoms with Crippen molar-refractivity contribution in [1.29, 1.82) is 5.26 Å². The van der Waals surface area contributed by atoms with Gasteiger partial charge in [-0.15, -0.1) is 11.6 Å². The molecule has 80 valence electrons. The van der Waals surface area contributed by atoms with Crippen LogP contribution in [0.2, 0.25) is 0 Å². The molecule has 0 N–H and O–H groups in total. The van der Waals surface area contributed by atoms with E-state index in [0.717, 1.165) is 0 Å². The number of halogens is 4. The smallest absolute Gasteiger partial charge is 0.245 e. The minimum atomic E-state index is -2.57. The number of hydrogen-bond acceptors (Lipinski definition) is 2. The van der Waals surface area contributed by atoms with E-state index in [1.54, 1.807) is 22.6 Å². The molecule has 2 nitrogen and oxygen atoms in total. The fraction of sp³-hybridized carbons (Fsp3) is 0.333. The molecule has 0 radical (unpaired) electrons. The van der Waals surface area contributed by atoms with Crippen molar-refractivity contribution in [2.75, 3.05) is 0 Å². The average Bonchev–Trinajstić information content (AvgIpc) is 2.18. The first-order valence-corrected chi connectivity index (χ1v) is 5.60. The monoisotopic (exact) mass is 342 g/mol. The Bertz CT molecular complexity index is 404. The Morgan fingerprint density at radius 1 is 1.60 bits per heavy atom. The standard InChI is InChI=1S/C9H6ClF2IN2/c10-4-5-3-6(8(11)12)9(13)15-7(5)1-2-14/h3,8H,1,4H2. The molecule has 1 heterocycles. The summed E-state index contributed by atoms with van der Waals surface area (Å²) >= 11 is 7.33. The second-order valence-electron chi connectivity index (χ2n) is 2.74. The van der Waals surface area contributed by atoms with Gasteiger partial charge < -0.3 is 0 Å². The van der Waals surface area contributed by atoms with E-state index in [1.165, 1.54) is 6.07 Å². The Morgan fingerprint density at radius 3 is 2.73 bits per heavy atom. The fourth-order valence-electron chi connectivity index (χ4n) is 1.08. The molecular weight excluding hydrogens is 336 g/mol. The van der Waals surface area contributed by atoms with Crippen molar-refractivity contribution in [2.45, 2.75) is 18.7 Å². The number of aromatic nitrogens is 1. The molecule has 0 atom stereocenters. The summed E-state index contributed by atoms with van der Waals surface area (Å²) in [5, 5.41) is 8.53. The van der Waals surface area contributed by atoms with Gasteiger partial charge in [0.2, 0.25) is 0 Å². The van der Waals surface area contributed by atoms with Crippen LogP contribution in [0.15, 0.2) is 6.07 Å². The summed E-state index contributed by atoms with van der Waals surface area (Å²) in [6, 6.07) is 3.24. The van der Waals surface area contributed by atoms with Crippen LogP contribution in [0.5, 0.6) is 0 Å². The number of nitrogens with zero attached hydrogens (tertiary/aromatic N) is 2. The summed E-state index contributed by atoms with van der Waals surface area (Å²) in [5.74, 6) is 0.0840. The lowest BCUT2D eigenvalue weighted by Crippen LogP contribution is -2.02. The Hall–Kier alpha value is -0.480. The van der Waals surface area contributed by atoms with Crippen molar-refractivity contribution in [3.8, 4) is 6.07 Å². The zero-order valence-corrected chi connectivity index (χ0v) is 10.4. The minimum Gasteiger partial charge on any atom is -0.245 e. The third-order valence-corrected chi connectivity index (χ3v) is 2.95. The molecule has 6 heteroatoms. The van der Waals surface area contributed by atoms with Gasteiger partial charge in [0.25, 0.3) is 6.43 Å². The van der Waals surface area contributed by atoms with Crippen LogP contribution in [-0.2, 0) is 12.3 Å². The topological polar surface area (TPSA) is 36.7 Å². The second-order valence-corrected chi connectivity index (χ2v) is 4.03. The highest BCUT2D eigenvalue weighted by Gasteiger charge is 2.16. The molecular formula is C9H6ClF2IN2. The van der Waals surface area contributed by atoms with Crippen molar-refractivity contribution >= 4 is 34.2 Å². The van der Waals surface area contributed by atoms with E-state index in [9.17, 15) is 8.78 Å². The third-order valence-electron chi connectivity index (χ3n) is 1.80. The first-order chi connectivity index (χ1) is 7.10. The molecule has 0 saturated carbocycles. The summed E-state index contributed by atoms with van der Waals surface area (Å²) in [6.45, 7) is 0. The van der Waals surface area contributed by atoms with Gasteiger partial charge in [0, 0.05) is 11.4 Å². The molecule has 1 rings (SSSR count). The summed E-state index contributed by atoms with van der Waals surface area (Å²) in [6.07, 6.45) is -2.48. The largest absolute Gasteiger partial charge is 0.266 e. The number of hydrogen-bond donors (Lipinski definition) is 0. The van der Waals surface area contributed by atoms with Crippen molar-refractivity contribution in [3.63, 3.8) is 0 Å². The van der Waals surface area contributed by atoms with Crippen molar-refractivity contribution in [3.05, 3.63) is 26.6 Å². The Kier molecular flexibility index (Phi) is 4.67. The van der Waals surface area contributed by atoms with E-state index in [1.807, 2.05) is 6.07 Å². The van der Waals surface area contributed by atoms with Gasteiger partial charge in [-0.1, -0.05) is 0 Å². The molecule has 0 amide bonds. The maximum Gasteiger partial charge on any atom is 0.266 e. The number of pyridine rings is 1. The van der Waals surface area contributed by atoms with E-state index in [4.69, 9.17) is 16.9 Å². The third kappa shape index (κ3) is 2.98. The Balaban J connectivity index is 3.24. The van der Waals surface area contributed by atoms with Gasteiger partial charge in [-0.05, 0) is 34.2 Å². The van der Waals surface area contributed by atoms with Gasteiger partial charge in [-0.25, -0.2) is 13.8 Å². The molecule has 0 aliphatic heterocycles. The quantitative estimate of drug-likeness (QED) is 0.479. The van der Waals surface area contributed by atoms with E-state index < -0.39 is 6.43 Å². The molecule has 0 unspecified atom stereocenters. The van der Waals surface area contributed by atoms with Crippen molar-refractivity contribution < 1.29 is 8.78 Å². The Labute approximate surface area is 104 Å². The first-order valence-electron chi connectivity index (χ1n) is 3.99. The van der Waals surface area contributed by atoms with Crippen LogP contribution in [0, 0.1) is 15.0 Å². The van der Waals surface area contributed by atoms with Crippen LogP contribution in [-0.4, -0.2) is 4.98 Å². The molecule has 0 aliphatic rings. The molecule has 15 heavy (non-hydrogen) atoms. The molecule has 0 bridgehead atoms. The summed E-state index contributed by atoms with van der Waals surface area (Å²) < 4.78 is 25.2. The van der Waals surface area contributed by atoms with E-state index in [2.05, 4.69) is 4.98 Å². The maximum absolute atomic E-state index is 12.5. The minimum absolute atomic E-state index is 0.0840. The van der Waals surface area contributed by atoms with Gasteiger partial charge in [0.05, 0.1) is 18.2 Å². The summed E-state index contributed by atoms with van der Waals surface area (Å²) in [4.78, 5) is 3.95. The first kappa shape index (κ1) is 12.6. The highest BCUT2D eigenvalue weighted by molar-refractivity contribution is 14.1. The number of rotatable bonds is 3. The SMILES string of the molecule is N#CCc1nc(I)c(C(F)F)cc1CCl. The van der Waals surface area contributed by atoms with E-state index in [-0.39, 0.29) is 21.6 Å². The highest BCUT2D eigenvalue weighted by Crippen LogP contribution is 2.26. The van der Waals surface area contributed by atoms with Crippen molar-refractivity contribution in [1.82, 2.24) is 4.98 Å². The number of alkyl halides is 3. The van der Waals surface area contributed by atoms with Crippen LogP contribution in [0.4, 0.5) is 8.78 Å². The fourth-order valence-corrected chi connectivity index (χ4v) is 2.00. The van der Waals surface area contributed by atoms with Gasteiger partial charge in [-0.3, -0.25) is 0 Å². The average molecular weight is 343 g/mol. The predicted octanol–water partition coefficient (Wildman–Crippen LogP) is 3.43. The van der Waals surface area contributed by atoms with Crippen LogP contribution in [0.25, 0.3) is 0 Å². The predicted molar refractivity (Wildman–Crippen MR) is 60.8 cm³/mol. The highest BCUT2D eigenvalue weighted by atomic mass is 127. The lowest BCUT2D eigenvalue weighted by atomic mass is 10.1.